The Labute approximate surface area is 180 Å². The van der Waals surface area contributed by atoms with Crippen LogP contribution in [0.5, 0.6) is 11.5 Å². The highest BCUT2D eigenvalue weighted by molar-refractivity contribution is 5.98. The summed E-state index contributed by atoms with van der Waals surface area (Å²) in [6.07, 6.45) is 1.81. The van der Waals surface area contributed by atoms with Gasteiger partial charge in [-0.1, -0.05) is 36.4 Å². The van der Waals surface area contributed by atoms with E-state index in [9.17, 15) is 9.59 Å². The van der Waals surface area contributed by atoms with E-state index in [4.69, 9.17) is 4.74 Å². The minimum atomic E-state index is -0.153. The van der Waals surface area contributed by atoms with Crippen LogP contribution in [0.1, 0.15) is 18.1 Å². The van der Waals surface area contributed by atoms with E-state index in [1.165, 1.54) is 6.92 Å². The van der Waals surface area contributed by atoms with Crippen LogP contribution in [0.15, 0.2) is 71.7 Å². The van der Waals surface area contributed by atoms with Gasteiger partial charge in [-0.25, -0.2) is 0 Å². The van der Waals surface area contributed by atoms with Crippen LogP contribution in [0.25, 0.3) is 21.9 Å². The lowest BCUT2D eigenvalue weighted by atomic mass is 9.99. The number of carbonyl (C=O) groups is 1. The Kier molecular flexibility index (Phi) is 5.34. The molecular weight excluding hydrogens is 388 g/mol. The van der Waals surface area contributed by atoms with Gasteiger partial charge in [0, 0.05) is 42.4 Å². The normalized spacial score (nSPS) is 10.8. The molecule has 0 fully saturated rings. The first kappa shape index (κ1) is 20.4. The number of pyridine rings is 1. The molecule has 0 radical (unpaired) electrons. The maximum atomic E-state index is 12.7. The van der Waals surface area contributed by atoms with Crippen molar-refractivity contribution in [2.75, 3.05) is 5.32 Å². The summed E-state index contributed by atoms with van der Waals surface area (Å²) in [5.74, 6) is 1.29. The number of nitrogens with zero attached hydrogens (tertiary/aromatic N) is 1. The molecule has 0 saturated carbocycles. The van der Waals surface area contributed by atoms with Crippen LogP contribution in [0.2, 0.25) is 0 Å². The number of carbonyl (C=O) groups excluding carboxylic acids is 1. The Morgan fingerprint density at radius 2 is 1.58 bits per heavy atom. The molecule has 4 aromatic rings. The fraction of sp³-hybridized carbons (Fsp3) is 0.154. The van der Waals surface area contributed by atoms with E-state index in [2.05, 4.69) is 5.32 Å². The molecule has 0 bridgehead atoms. The standard InChI is InChI=1S/C26H24N2O3/c1-16-8-7-9-17(2)25(16)31-24-13-12-19(27-18(3)29)14-22(24)23-15-28(4)26(30)21-11-6-5-10-20(21)23/h5-15H,1-4H3,(H,27,29). The van der Waals surface area contributed by atoms with Gasteiger partial charge in [-0.15, -0.1) is 0 Å². The second-order valence-electron chi connectivity index (χ2n) is 7.72. The first-order valence-corrected chi connectivity index (χ1v) is 10.1. The third-order valence-electron chi connectivity index (χ3n) is 5.30. The number of amides is 1. The zero-order valence-electron chi connectivity index (χ0n) is 18.0. The van der Waals surface area contributed by atoms with Crippen molar-refractivity contribution in [3.05, 3.63) is 88.3 Å². The molecule has 1 N–H and O–H groups in total. The molecule has 0 aliphatic carbocycles. The highest BCUT2D eigenvalue weighted by Gasteiger charge is 2.16. The smallest absolute Gasteiger partial charge is 0.258 e. The second kappa shape index (κ2) is 8.11. The molecule has 3 aromatic carbocycles. The molecule has 156 valence electrons. The van der Waals surface area contributed by atoms with Crippen LogP contribution >= 0.6 is 0 Å². The number of fused-ring (bicyclic) bond motifs is 1. The van der Waals surface area contributed by atoms with Crippen molar-refractivity contribution in [2.45, 2.75) is 20.8 Å². The van der Waals surface area contributed by atoms with Crippen LogP contribution in [-0.4, -0.2) is 10.5 Å². The molecular formula is C26H24N2O3. The van der Waals surface area contributed by atoms with Crippen molar-refractivity contribution < 1.29 is 9.53 Å². The SMILES string of the molecule is CC(=O)Nc1ccc(Oc2c(C)cccc2C)c(-c2cn(C)c(=O)c3ccccc23)c1. The van der Waals surface area contributed by atoms with E-state index < -0.39 is 0 Å². The van der Waals surface area contributed by atoms with Gasteiger partial charge in [-0.3, -0.25) is 9.59 Å². The fourth-order valence-electron chi connectivity index (χ4n) is 3.81. The van der Waals surface area contributed by atoms with Crippen molar-refractivity contribution in [3.63, 3.8) is 0 Å². The summed E-state index contributed by atoms with van der Waals surface area (Å²) in [6, 6.07) is 19.1. The van der Waals surface area contributed by atoms with Crippen molar-refractivity contribution in [3.8, 4) is 22.6 Å². The van der Waals surface area contributed by atoms with Gasteiger partial charge in [-0.2, -0.15) is 0 Å². The molecule has 1 amide bonds. The van der Waals surface area contributed by atoms with Crippen molar-refractivity contribution in [1.82, 2.24) is 4.57 Å². The fourth-order valence-corrected chi connectivity index (χ4v) is 3.81. The molecule has 1 aromatic heterocycles. The quantitative estimate of drug-likeness (QED) is 0.476. The number of benzene rings is 3. The Hall–Kier alpha value is -3.86. The number of aromatic nitrogens is 1. The molecule has 5 nitrogen and oxygen atoms in total. The molecule has 0 aliphatic rings. The maximum absolute atomic E-state index is 12.7. The van der Waals surface area contributed by atoms with Crippen LogP contribution in [0.4, 0.5) is 5.69 Å². The summed E-state index contributed by atoms with van der Waals surface area (Å²) in [5, 5.41) is 4.30. The summed E-state index contributed by atoms with van der Waals surface area (Å²) in [7, 11) is 1.74. The molecule has 0 aliphatic heterocycles. The van der Waals surface area contributed by atoms with Gasteiger partial charge in [0.1, 0.15) is 11.5 Å². The number of nitrogens with one attached hydrogen (secondary N) is 1. The number of para-hydroxylation sites is 1. The molecule has 5 heteroatoms. The van der Waals surface area contributed by atoms with Gasteiger partial charge >= 0.3 is 0 Å². The molecule has 4 rings (SSSR count). The van der Waals surface area contributed by atoms with E-state index in [1.807, 2.05) is 80.7 Å². The lowest BCUT2D eigenvalue weighted by molar-refractivity contribution is -0.114. The van der Waals surface area contributed by atoms with Gasteiger partial charge in [0.25, 0.3) is 5.56 Å². The summed E-state index contributed by atoms with van der Waals surface area (Å²) < 4.78 is 7.98. The number of hydrogen-bond donors (Lipinski definition) is 1. The van der Waals surface area contributed by atoms with Crippen LogP contribution < -0.4 is 15.6 Å². The van der Waals surface area contributed by atoms with E-state index in [0.717, 1.165) is 33.4 Å². The lowest BCUT2D eigenvalue weighted by Crippen LogP contribution is -2.16. The lowest BCUT2D eigenvalue weighted by Gasteiger charge is -2.18. The van der Waals surface area contributed by atoms with Crippen molar-refractivity contribution in [2.24, 2.45) is 7.05 Å². The average Bonchev–Trinajstić information content (AvgIpc) is 2.74. The van der Waals surface area contributed by atoms with Gasteiger partial charge < -0.3 is 14.6 Å². The van der Waals surface area contributed by atoms with Crippen molar-refractivity contribution >= 4 is 22.4 Å². The van der Waals surface area contributed by atoms with Gasteiger partial charge in [0.15, 0.2) is 0 Å². The Morgan fingerprint density at radius 1 is 0.903 bits per heavy atom. The van der Waals surface area contributed by atoms with Gasteiger partial charge in [-0.05, 0) is 54.6 Å². The molecule has 1 heterocycles. The van der Waals surface area contributed by atoms with E-state index in [0.29, 0.717) is 16.8 Å². The number of anilines is 1. The summed E-state index contributed by atoms with van der Waals surface area (Å²) in [5.41, 5.74) is 4.31. The summed E-state index contributed by atoms with van der Waals surface area (Å²) in [6.45, 7) is 5.49. The predicted octanol–water partition coefficient (Wildman–Crippen LogP) is 5.57. The summed E-state index contributed by atoms with van der Waals surface area (Å²) >= 11 is 0. The zero-order valence-corrected chi connectivity index (χ0v) is 18.0. The van der Waals surface area contributed by atoms with Crippen molar-refractivity contribution in [1.29, 1.82) is 0 Å². The average molecular weight is 412 g/mol. The highest BCUT2D eigenvalue weighted by atomic mass is 16.5. The number of hydrogen-bond acceptors (Lipinski definition) is 3. The Balaban J connectivity index is 1.98. The number of ether oxygens (including phenoxy) is 1. The van der Waals surface area contributed by atoms with Crippen LogP contribution in [-0.2, 0) is 11.8 Å². The zero-order chi connectivity index (χ0) is 22.1. The first-order chi connectivity index (χ1) is 14.8. The third kappa shape index (κ3) is 3.94. The highest BCUT2D eigenvalue weighted by Crippen LogP contribution is 2.39. The molecule has 0 saturated heterocycles. The largest absolute Gasteiger partial charge is 0.456 e. The number of rotatable bonds is 4. The van der Waals surface area contributed by atoms with Crippen LogP contribution in [0.3, 0.4) is 0 Å². The molecule has 0 spiro atoms. The van der Waals surface area contributed by atoms with Gasteiger partial charge in [0.2, 0.25) is 5.91 Å². The minimum Gasteiger partial charge on any atom is -0.456 e. The molecule has 0 atom stereocenters. The van der Waals surface area contributed by atoms with Crippen LogP contribution in [0, 0.1) is 13.8 Å². The van der Waals surface area contributed by atoms with E-state index >= 15 is 0 Å². The van der Waals surface area contributed by atoms with Gasteiger partial charge in [0.05, 0.1) is 0 Å². The predicted molar refractivity (Wildman–Crippen MR) is 125 cm³/mol. The minimum absolute atomic E-state index is 0.0606. The maximum Gasteiger partial charge on any atom is 0.258 e. The molecule has 0 unspecified atom stereocenters. The van der Waals surface area contributed by atoms with E-state index in [1.54, 1.807) is 11.6 Å². The topological polar surface area (TPSA) is 60.3 Å². The number of aryl methyl sites for hydroxylation is 3. The second-order valence-corrected chi connectivity index (χ2v) is 7.72. The monoisotopic (exact) mass is 412 g/mol. The Morgan fingerprint density at radius 3 is 2.26 bits per heavy atom. The molecule has 31 heavy (non-hydrogen) atoms. The third-order valence-corrected chi connectivity index (χ3v) is 5.30. The first-order valence-electron chi connectivity index (χ1n) is 10.1. The summed E-state index contributed by atoms with van der Waals surface area (Å²) in [4.78, 5) is 24.3. The Bertz CT molecular complexity index is 1350. The van der Waals surface area contributed by atoms with E-state index in [-0.39, 0.29) is 11.5 Å².